The van der Waals surface area contributed by atoms with Crippen LogP contribution in [0.1, 0.15) is 18.3 Å². The van der Waals surface area contributed by atoms with Crippen molar-refractivity contribution in [1.29, 1.82) is 0 Å². The Morgan fingerprint density at radius 1 is 1.34 bits per heavy atom. The number of amides is 2. The second-order valence-corrected chi connectivity index (χ2v) is 12.2. The van der Waals surface area contributed by atoms with Gasteiger partial charge in [-0.05, 0) is 24.6 Å². The van der Waals surface area contributed by atoms with E-state index in [1.165, 1.54) is 29.2 Å². The Hall–Kier alpha value is -3.88. The highest BCUT2D eigenvalue weighted by Crippen LogP contribution is 2.41. The van der Waals surface area contributed by atoms with Crippen molar-refractivity contribution >= 4 is 67.7 Å². The fourth-order valence-electron chi connectivity index (χ4n) is 3.90. The van der Waals surface area contributed by atoms with E-state index in [1.54, 1.807) is 6.92 Å². The zero-order chi connectivity index (χ0) is 29.9. The standard InChI is InChI=1S/C21H23N7O10S3/c1-3-37-25-13(15-24-20(22)40-26-15)16(29)23-14-17(30)27-9-21(10-39-18(14)27,38-41(2,34)35)19(31)36-8-11-4-6-12(7-5-11)28(32)33/h4-7,14,18H,3,8-10H2,1-2H3,(H,23,29)(H2,22,24,26)/t14?,18-,21?/m1/s1. The van der Waals surface area contributed by atoms with Crippen molar-refractivity contribution in [2.24, 2.45) is 5.16 Å². The van der Waals surface area contributed by atoms with Gasteiger partial charge in [0.25, 0.3) is 21.7 Å². The third-order valence-corrected chi connectivity index (χ3v) is 8.36. The van der Waals surface area contributed by atoms with Gasteiger partial charge in [0.05, 0.1) is 17.7 Å². The molecule has 0 radical (unpaired) electrons. The Morgan fingerprint density at radius 2 is 2.05 bits per heavy atom. The van der Waals surface area contributed by atoms with Crippen molar-refractivity contribution in [3.05, 3.63) is 45.8 Å². The van der Waals surface area contributed by atoms with Crippen LogP contribution < -0.4 is 11.1 Å². The Kier molecular flexibility index (Phi) is 8.75. The number of nitro benzene ring substituents is 1. The molecule has 3 heterocycles. The second kappa shape index (κ2) is 11.9. The summed E-state index contributed by atoms with van der Waals surface area (Å²) in [6.07, 6.45) is 0.758. The molecule has 2 aliphatic rings. The summed E-state index contributed by atoms with van der Waals surface area (Å²) < 4.78 is 38.6. The van der Waals surface area contributed by atoms with Crippen LogP contribution in [-0.4, -0.2) is 93.3 Å². The van der Waals surface area contributed by atoms with Crippen LogP contribution >= 0.6 is 23.3 Å². The minimum atomic E-state index is -4.19. The fraction of sp³-hybridized carbons (Fsp3) is 0.429. The van der Waals surface area contributed by atoms with Crippen LogP contribution in [-0.2, 0) is 44.9 Å². The van der Waals surface area contributed by atoms with Gasteiger partial charge in [0, 0.05) is 29.4 Å². The number of nitrogens with one attached hydrogen (secondary N) is 1. The van der Waals surface area contributed by atoms with Gasteiger partial charge in [-0.1, -0.05) is 5.16 Å². The van der Waals surface area contributed by atoms with E-state index in [0.717, 1.165) is 29.6 Å². The normalized spacial score (nSPS) is 22.3. The lowest BCUT2D eigenvalue weighted by atomic mass is 9.99. The third kappa shape index (κ3) is 6.72. The number of anilines is 1. The summed E-state index contributed by atoms with van der Waals surface area (Å²) in [7, 11) is -4.19. The summed E-state index contributed by atoms with van der Waals surface area (Å²) in [6.45, 7) is 0.999. The van der Waals surface area contributed by atoms with Crippen molar-refractivity contribution in [3.8, 4) is 0 Å². The topological polar surface area (TPSA) is 236 Å². The predicted molar refractivity (Wildman–Crippen MR) is 144 cm³/mol. The molecule has 0 bridgehead atoms. The third-order valence-electron chi connectivity index (χ3n) is 5.69. The lowest BCUT2D eigenvalue weighted by molar-refractivity contribution is -0.384. The number of hydrogen-bond acceptors (Lipinski definition) is 16. The van der Waals surface area contributed by atoms with Gasteiger partial charge in [-0.2, -0.15) is 17.8 Å². The molecule has 3 N–H and O–H groups in total. The lowest BCUT2D eigenvalue weighted by Crippen LogP contribution is -2.76. The molecule has 220 valence electrons. The van der Waals surface area contributed by atoms with E-state index in [0.29, 0.717) is 5.56 Å². The Balaban J connectivity index is 1.46. The van der Waals surface area contributed by atoms with Crippen LogP contribution in [0.15, 0.2) is 29.4 Å². The molecule has 4 rings (SSSR count). The van der Waals surface area contributed by atoms with Gasteiger partial charge in [0.2, 0.25) is 23.0 Å². The summed E-state index contributed by atoms with van der Waals surface area (Å²) >= 11 is 1.84. The summed E-state index contributed by atoms with van der Waals surface area (Å²) in [5.74, 6) is -2.78. The monoisotopic (exact) mass is 629 g/mol. The number of ether oxygens (including phenoxy) is 1. The number of nitrogens with two attached hydrogens (primary N) is 1. The molecule has 2 unspecified atom stereocenters. The first-order valence-corrected chi connectivity index (χ1v) is 15.3. The number of nitrogens with zero attached hydrogens (tertiary/aromatic N) is 5. The van der Waals surface area contributed by atoms with Gasteiger partial charge >= 0.3 is 5.97 Å². The smallest absolute Gasteiger partial charge is 0.343 e. The maximum atomic E-state index is 13.1. The number of nitro groups is 1. The minimum Gasteiger partial charge on any atom is -0.459 e. The zero-order valence-electron chi connectivity index (χ0n) is 21.4. The summed E-state index contributed by atoms with van der Waals surface area (Å²) in [4.78, 5) is 59.4. The molecule has 2 saturated heterocycles. The molecule has 0 saturated carbocycles. The van der Waals surface area contributed by atoms with Crippen LogP contribution in [0, 0.1) is 10.1 Å². The van der Waals surface area contributed by atoms with Crippen molar-refractivity contribution in [2.45, 2.75) is 30.5 Å². The predicted octanol–water partition coefficient (Wildman–Crippen LogP) is -0.373. The lowest BCUT2D eigenvalue weighted by Gasteiger charge is -2.53. The summed E-state index contributed by atoms with van der Waals surface area (Å²) in [6, 6.07) is 4.18. The first-order chi connectivity index (χ1) is 19.3. The molecular weight excluding hydrogens is 606 g/mol. The number of non-ortho nitro benzene ring substituents is 1. The van der Waals surface area contributed by atoms with Crippen LogP contribution in [0.3, 0.4) is 0 Å². The number of oxime groups is 1. The second-order valence-electron chi connectivity index (χ2n) is 8.71. The van der Waals surface area contributed by atoms with E-state index in [2.05, 4.69) is 19.8 Å². The van der Waals surface area contributed by atoms with E-state index in [-0.39, 0.29) is 41.3 Å². The van der Waals surface area contributed by atoms with Crippen molar-refractivity contribution in [3.63, 3.8) is 0 Å². The molecule has 1 aromatic carbocycles. The van der Waals surface area contributed by atoms with Crippen molar-refractivity contribution in [1.82, 2.24) is 19.6 Å². The Bertz CT molecular complexity index is 1500. The molecule has 0 aliphatic carbocycles. The molecule has 2 fully saturated rings. The molecule has 20 heteroatoms. The number of carbonyl (C=O) groups is 3. The van der Waals surface area contributed by atoms with Crippen molar-refractivity contribution < 1.29 is 41.5 Å². The van der Waals surface area contributed by atoms with Crippen LogP contribution in [0.2, 0.25) is 0 Å². The maximum Gasteiger partial charge on any atom is 0.343 e. The van der Waals surface area contributed by atoms with Crippen molar-refractivity contribution in [2.75, 3.05) is 30.9 Å². The number of β-lactam (4-membered cyclic amide) rings is 1. The van der Waals surface area contributed by atoms with E-state index < -0.39 is 56.4 Å². The fourth-order valence-corrected chi connectivity index (χ4v) is 6.61. The minimum absolute atomic E-state index is 0.0882. The molecule has 0 spiro atoms. The Morgan fingerprint density at radius 3 is 2.63 bits per heavy atom. The van der Waals surface area contributed by atoms with Gasteiger partial charge < -0.3 is 25.5 Å². The van der Waals surface area contributed by atoms with Crippen LogP contribution in [0.25, 0.3) is 0 Å². The zero-order valence-corrected chi connectivity index (χ0v) is 23.9. The number of thioether (sulfide) groups is 1. The molecule has 17 nitrogen and oxygen atoms in total. The largest absolute Gasteiger partial charge is 0.459 e. The number of hydrogen-bond donors (Lipinski definition) is 2. The number of esters is 1. The number of rotatable bonds is 11. The van der Waals surface area contributed by atoms with E-state index in [4.69, 9.17) is 19.5 Å². The molecule has 3 atom stereocenters. The number of aromatic nitrogens is 2. The number of fused-ring (bicyclic) bond motifs is 1. The SMILES string of the molecule is CCON=C(C(=O)NC1C(=O)N2CC(OS(C)(=O)=O)(C(=O)OCc3ccc([N+](=O)[O-])cc3)CS[C@H]12)c1nsc(N)n1. The maximum absolute atomic E-state index is 13.1. The molecular formula is C21H23N7O10S3. The molecule has 2 amide bonds. The number of carbonyl (C=O) groups excluding carboxylic acids is 3. The Labute approximate surface area is 240 Å². The highest BCUT2D eigenvalue weighted by molar-refractivity contribution is 8.00. The van der Waals surface area contributed by atoms with Crippen LogP contribution in [0.5, 0.6) is 0 Å². The van der Waals surface area contributed by atoms with E-state index in [1.807, 2.05) is 0 Å². The van der Waals surface area contributed by atoms with Gasteiger partial charge in [0.1, 0.15) is 24.6 Å². The average Bonchev–Trinajstić information content (AvgIpc) is 3.35. The highest BCUT2D eigenvalue weighted by Gasteiger charge is 2.60. The summed E-state index contributed by atoms with van der Waals surface area (Å²) in [5, 5.41) is 16.5. The van der Waals surface area contributed by atoms with Gasteiger partial charge in [-0.3, -0.25) is 19.7 Å². The molecule has 1 aromatic heterocycles. The quantitative estimate of drug-likeness (QED) is 0.0806. The highest BCUT2D eigenvalue weighted by atomic mass is 32.2. The first-order valence-electron chi connectivity index (χ1n) is 11.7. The number of benzene rings is 1. The summed E-state index contributed by atoms with van der Waals surface area (Å²) in [5.41, 5.74) is 3.48. The first kappa shape index (κ1) is 30.1. The molecule has 2 aromatic rings. The van der Waals surface area contributed by atoms with Crippen LogP contribution in [0.4, 0.5) is 10.8 Å². The number of nitrogen functional groups attached to an aromatic ring is 1. The average molecular weight is 630 g/mol. The van der Waals surface area contributed by atoms with E-state index >= 15 is 0 Å². The van der Waals surface area contributed by atoms with Gasteiger partial charge in [0.15, 0.2) is 5.13 Å². The van der Waals surface area contributed by atoms with E-state index in [9.17, 15) is 32.9 Å². The van der Waals surface area contributed by atoms with Gasteiger partial charge in [-0.15, -0.1) is 11.8 Å². The molecule has 2 aliphatic heterocycles. The molecule has 41 heavy (non-hydrogen) atoms. The van der Waals surface area contributed by atoms with Gasteiger partial charge in [-0.25, -0.2) is 8.98 Å².